The van der Waals surface area contributed by atoms with E-state index in [4.69, 9.17) is 28.6 Å². The SMILES string of the molecule is CC(=O)C(=N)c1cccnc1NCC(=O)N1CCC[C@H]1C(=O)NC[C@H]1CC1(Cl)Cl. The Morgan fingerprint density at radius 2 is 2.10 bits per heavy atom. The summed E-state index contributed by atoms with van der Waals surface area (Å²) < 4.78 is -0.754. The number of pyridine rings is 1. The van der Waals surface area contributed by atoms with E-state index >= 15 is 0 Å². The number of ketones is 1. The minimum atomic E-state index is -0.754. The lowest BCUT2D eigenvalue weighted by molar-refractivity contribution is -0.137. The van der Waals surface area contributed by atoms with Crippen LogP contribution < -0.4 is 10.6 Å². The van der Waals surface area contributed by atoms with Gasteiger partial charge in [0.25, 0.3) is 0 Å². The molecule has 0 aromatic carbocycles. The van der Waals surface area contributed by atoms with E-state index in [0.29, 0.717) is 31.5 Å². The normalized spacial score (nSPS) is 22.1. The second kappa shape index (κ2) is 8.67. The molecule has 10 heteroatoms. The molecule has 1 aliphatic heterocycles. The molecule has 0 unspecified atom stereocenters. The highest BCUT2D eigenvalue weighted by Crippen LogP contribution is 2.52. The summed E-state index contributed by atoms with van der Waals surface area (Å²) in [6, 6.07) is 2.69. The summed E-state index contributed by atoms with van der Waals surface area (Å²) in [6.07, 6.45) is 3.50. The Morgan fingerprint density at radius 1 is 1.38 bits per heavy atom. The van der Waals surface area contributed by atoms with Crippen LogP contribution in [0, 0.1) is 11.3 Å². The van der Waals surface area contributed by atoms with Crippen molar-refractivity contribution in [3.05, 3.63) is 23.9 Å². The number of Topliss-reactive ketones (excluding diaryl/α,β-unsaturated/α-hetero) is 1. The molecular weight excluding hydrogens is 417 g/mol. The van der Waals surface area contributed by atoms with Crippen LogP contribution in [0.4, 0.5) is 5.82 Å². The number of rotatable bonds is 8. The van der Waals surface area contributed by atoms with E-state index in [1.165, 1.54) is 13.1 Å². The lowest BCUT2D eigenvalue weighted by atomic mass is 10.1. The fourth-order valence-electron chi connectivity index (χ4n) is 3.37. The van der Waals surface area contributed by atoms with Gasteiger partial charge in [-0.1, -0.05) is 0 Å². The highest BCUT2D eigenvalue weighted by Gasteiger charge is 2.51. The number of carbonyl (C=O) groups is 3. The van der Waals surface area contributed by atoms with Crippen molar-refractivity contribution >= 4 is 52.3 Å². The van der Waals surface area contributed by atoms with Crippen molar-refractivity contribution in [3.8, 4) is 0 Å². The summed E-state index contributed by atoms with van der Waals surface area (Å²) in [5.74, 6) is -0.512. The van der Waals surface area contributed by atoms with Gasteiger partial charge in [0.2, 0.25) is 11.8 Å². The topological polar surface area (TPSA) is 115 Å². The van der Waals surface area contributed by atoms with E-state index in [2.05, 4.69) is 15.6 Å². The molecule has 3 N–H and O–H groups in total. The Morgan fingerprint density at radius 3 is 2.76 bits per heavy atom. The van der Waals surface area contributed by atoms with Crippen molar-refractivity contribution in [2.45, 2.75) is 36.6 Å². The minimum Gasteiger partial charge on any atom is -0.360 e. The van der Waals surface area contributed by atoms with Crippen molar-refractivity contribution in [3.63, 3.8) is 0 Å². The molecule has 1 aliphatic carbocycles. The number of halogens is 2. The zero-order chi connectivity index (χ0) is 21.2. The molecule has 2 amide bonds. The fraction of sp³-hybridized carbons (Fsp3) is 0.526. The summed E-state index contributed by atoms with van der Waals surface area (Å²) in [4.78, 5) is 42.4. The number of carbonyl (C=O) groups excluding carboxylic acids is 3. The number of alkyl halides is 2. The molecule has 2 aliphatic rings. The van der Waals surface area contributed by atoms with E-state index in [-0.39, 0.29) is 35.8 Å². The Kier molecular flexibility index (Phi) is 6.43. The summed E-state index contributed by atoms with van der Waals surface area (Å²) >= 11 is 12.0. The molecular formula is C19H23Cl2N5O3. The smallest absolute Gasteiger partial charge is 0.242 e. The first kappa shape index (κ1) is 21.5. The van der Waals surface area contributed by atoms with Gasteiger partial charge in [-0.05, 0) is 31.4 Å². The Labute approximate surface area is 178 Å². The van der Waals surface area contributed by atoms with Gasteiger partial charge >= 0.3 is 0 Å². The Hall–Kier alpha value is -2.19. The molecule has 156 valence electrons. The minimum absolute atomic E-state index is 0.0428. The van der Waals surface area contributed by atoms with Gasteiger partial charge in [0, 0.05) is 37.7 Å². The van der Waals surface area contributed by atoms with Crippen LogP contribution in [0.5, 0.6) is 0 Å². The third kappa shape index (κ3) is 5.05. The zero-order valence-electron chi connectivity index (χ0n) is 16.0. The van der Waals surface area contributed by atoms with Crippen molar-refractivity contribution in [1.29, 1.82) is 5.41 Å². The maximum absolute atomic E-state index is 12.7. The number of amides is 2. The van der Waals surface area contributed by atoms with Gasteiger partial charge in [0.15, 0.2) is 5.78 Å². The largest absolute Gasteiger partial charge is 0.360 e. The van der Waals surface area contributed by atoms with Gasteiger partial charge < -0.3 is 15.5 Å². The van der Waals surface area contributed by atoms with Crippen LogP contribution in [0.25, 0.3) is 0 Å². The molecule has 1 saturated heterocycles. The van der Waals surface area contributed by atoms with Crippen LogP contribution in [0.1, 0.15) is 31.7 Å². The van der Waals surface area contributed by atoms with Crippen molar-refractivity contribution in [1.82, 2.24) is 15.2 Å². The second-order valence-electron chi connectivity index (χ2n) is 7.34. The number of nitrogens with zero attached hydrogens (tertiary/aromatic N) is 2. The lowest BCUT2D eigenvalue weighted by Crippen LogP contribution is -2.48. The molecule has 1 saturated carbocycles. The van der Waals surface area contributed by atoms with E-state index < -0.39 is 16.2 Å². The standard InChI is InChI=1S/C19H23Cl2N5O3/c1-11(27)16(22)13-4-2-6-23-17(13)24-10-15(28)26-7-3-5-14(26)18(29)25-9-12-8-19(12,20)21/h2,4,6,12,14,22H,3,5,7-10H2,1H3,(H,23,24)(H,25,29)/t12-,14+/m1/s1. The molecule has 3 rings (SSSR count). The number of likely N-dealkylation sites (tertiary alicyclic amines) is 1. The number of hydrogen-bond acceptors (Lipinski definition) is 6. The Bertz CT molecular complexity index is 845. The third-order valence-corrected chi connectivity index (χ3v) is 6.12. The van der Waals surface area contributed by atoms with Gasteiger partial charge in [-0.25, -0.2) is 4.98 Å². The highest BCUT2D eigenvalue weighted by atomic mass is 35.5. The molecule has 1 aromatic heterocycles. The maximum Gasteiger partial charge on any atom is 0.242 e. The average molecular weight is 440 g/mol. The molecule has 0 spiro atoms. The first-order valence-electron chi connectivity index (χ1n) is 9.44. The molecule has 2 atom stereocenters. The molecule has 0 bridgehead atoms. The fourth-order valence-corrected chi connectivity index (χ4v) is 3.90. The molecule has 29 heavy (non-hydrogen) atoms. The average Bonchev–Trinajstić information content (AvgIpc) is 3.07. The second-order valence-corrected chi connectivity index (χ2v) is 8.88. The molecule has 0 radical (unpaired) electrons. The predicted molar refractivity (Wildman–Crippen MR) is 111 cm³/mol. The first-order chi connectivity index (χ1) is 13.7. The lowest BCUT2D eigenvalue weighted by Gasteiger charge is -2.24. The first-order valence-corrected chi connectivity index (χ1v) is 10.2. The maximum atomic E-state index is 12.7. The number of hydrogen-bond donors (Lipinski definition) is 3. The van der Waals surface area contributed by atoms with Gasteiger partial charge in [-0.2, -0.15) is 0 Å². The van der Waals surface area contributed by atoms with Crippen LogP contribution in [0.3, 0.4) is 0 Å². The van der Waals surface area contributed by atoms with E-state index in [1.807, 2.05) is 0 Å². The van der Waals surface area contributed by atoms with Crippen molar-refractivity contribution < 1.29 is 14.4 Å². The molecule has 2 fully saturated rings. The highest BCUT2D eigenvalue weighted by molar-refractivity contribution is 6.50. The van der Waals surface area contributed by atoms with Gasteiger partial charge in [-0.15, -0.1) is 23.2 Å². The monoisotopic (exact) mass is 439 g/mol. The van der Waals surface area contributed by atoms with Crippen LogP contribution in [-0.4, -0.2) is 63.2 Å². The molecule has 8 nitrogen and oxygen atoms in total. The van der Waals surface area contributed by atoms with E-state index in [9.17, 15) is 14.4 Å². The van der Waals surface area contributed by atoms with E-state index in [0.717, 1.165) is 6.42 Å². The number of nitrogens with one attached hydrogen (secondary N) is 3. The molecule has 2 heterocycles. The summed E-state index contributed by atoms with van der Waals surface area (Å²) in [5, 5.41) is 13.6. The van der Waals surface area contributed by atoms with Crippen LogP contribution in [-0.2, 0) is 14.4 Å². The van der Waals surface area contributed by atoms with Crippen LogP contribution >= 0.6 is 23.2 Å². The third-order valence-electron chi connectivity index (χ3n) is 5.19. The van der Waals surface area contributed by atoms with E-state index in [1.54, 1.807) is 17.0 Å². The number of anilines is 1. The summed E-state index contributed by atoms with van der Waals surface area (Å²) in [5.41, 5.74) is 0.153. The van der Waals surface area contributed by atoms with Crippen LogP contribution in [0.2, 0.25) is 0 Å². The van der Waals surface area contributed by atoms with Gasteiger partial charge in [0.05, 0.1) is 6.54 Å². The number of aromatic nitrogens is 1. The van der Waals surface area contributed by atoms with Gasteiger partial charge in [-0.3, -0.25) is 19.8 Å². The van der Waals surface area contributed by atoms with Crippen LogP contribution in [0.15, 0.2) is 18.3 Å². The van der Waals surface area contributed by atoms with Gasteiger partial charge in [0.1, 0.15) is 21.9 Å². The summed E-state index contributed by atoms with van der Waals surface area (Å²) in [7, 11) is 0. The zero-order valence-corrected chi connectivity index (χ0v) is 17.5. The Balaban J connectivity index is 1.57. The summed E-state index contributed by atoms with van der Waals surface area (Å²) in [6.45, 7) is 2.11. The predicted octanol–water partition coefficient (Wildman–Crippen LogP) is 1.75. The molecule has 1 aromatic rings. The van der Waals surface area contributed by atoms with Crippen molar-refractivity contribution in [2.24, 2.45) is 5.92 Å². The quantitative estimate of drug-likeness (QED) is 0.421. The van der Waals surface area contributed by atoms with Crippen molar-refractivity contribution in [2.75, 3.05) is 25.0 Å².